The summed E-state index contributed by atoms with van der Waals surface area (Å²) in [5, 5.41) is 4.64. The molecule has 3 aliphatic rings. The molecule has 0 spiro atoms. The summed E-state index contributed by atoms with van der Waals surface area (Å²) in [7, 11) is 0. The molecule has 30 heavy (non-hydrogen) atoms. The third kappa shape index (κ3) is 4.14. The zero-order valence-electron chi connectivity index (χ0n) is 16.5. The number of amides is 1. The van der Waals surface area contributed by atoms with Crippen LogP contribution in [-0.4, -0.2) is 56.6 Å². The molecule has 1 amide bonds. The average Bonchev–Trinajstić information content (AvgIpc) is 3.19. The van der Waals surface area contributed by atoms with Crippen LogP contribution in [0.4, 0.5) is 20.2 Å². The van der Waals surface area contributed by atoms with E-state index >= 15 is 0 Å². The number of aliphatic imine (C=N–C) groups is 1. The highest BCUT2D eigenvalue weighted by Crippen LogP contribution is 2.36. The summed E-state index contributed by atoms with van der Waals surface area (Å²) in [6, 6.07) is 3.28. The van der Waals surface area contributed by atoms with E-state index in [1.54, 1.807) is 35.6 Å². The maximum absolute atomic E-state index is 13.0. The number of nitrogens with one attached hydrogen (secondary N) is 2. The minimum atomic E-state index is -2.92. The van der Waals surface area contributed by atoms with E-state index in [0.717, 1.165) is 0 Å². The van der Waals surface area contributed by atoms with E-state index in [4.69, 9.17) is 9.47 Å². The molecule has 0 aromatic heterocycles. The molecule has 1 aromatic carbocycles. The summed E-state index contributed by atoms with van der Waals surface area (Å²) in [6.07, 6.45) is 5.65. The number of carbonyl (C=O) groups excluding carboxylic acids is 1. The van der Waals surface area contributed by atoms with Crippen LogP contribution < -0.4 is 20.4 Å². The topological polar surface area (TPSA) is 78.4 Å². The minimum Gasteiger partial charge on any atom is -0.434 e. The van der Waals surface area contributed by atoms with Crippen LogP contribution in [0.2, 0.25) is 0 Å². The van der Waals surface area contributed by atoms with Gasteiger partial charge in [-0.1, -0.05) is 6.92 Å². The van der Waals surface area contributed by atoms with Crippen LogP contribution in [0.1, 0.15) is 12.5 Å². The van der Waals surface area contributed by atoms with Gasteiger partial charge < -0.3 is 19.7 Å². The normalized spacial score (nSPS) is 18.3. The lowest BCUT2D eigenvalue weighted by Crippen LogP contribution is -2.37. The number of allylic oxidation sites excluding steroid dienone is 1. The van der Waals surface area contributed by atoms with Crippen molar-refractivity contribution < 1.29 is 23.0 Å². The van der Waals surface area contributed by atoms with Crippen LogP contribution in [0.3, 0.4) is 0 Å². The number of hydrogen-bond acceptors (Lipinski definition) is 7. The highest BCUT2D eigenvalue weighted by Gasteiger charge is 2.28. The Labute approximate surface area is 172 Å². The molecule has 0 unspecified atom stereocenters. The summed E-state index contributed by atoms with van der Waals surface area (Å²) < 4.78 is 36.0. The summed E-state index contributed by atoms with van der Waals surface area (Å²) in [6.45, 7) is 1.46. The molecule has 8 nitrogen and oxygen atoms in total. The largest absolute Gasteiger partial charge is 0.434 e. The molecule has 2 N–H and O–H groups in total. The average molecular weight is 419 g/mol. The first-order valence-corrected chi connectivity index (χ1v) is 9.79. The Morgan fingerprint density at radius 2 is 2.17 bits per heavy atom. The number of anilines is 2. The number of carbonyl (C=O) groups is 1. The second-order valence-electron chi connectivity index (χ2n) is 6.89. The van der Waals surface area contributed by atoms with Crippen molar-refractivity contribution in [2.75, 3.05) is 43.1 Å². The van der Waals surface area contributed by atoms with Crippen molar-refractivity contribution >= 4 is 23.5 Å². The molecule has 0 atom stereocenters. The summed E-state index contributed by atoms with van der Waals surface area (Å²) in [5.74, 6) is 0.354. The zero-order valence-corrected chi connectivity index (χ0v) is 16.5. The standard InChI is InChI=1S/C20H23F2N5O3/c1-2-13-10-15(25-19(28)14-12-24-27-5-3-4-23-18(14)27)16(11-17(13)30-20(21)22)26-6-8-29-9-7-26/h3-5,10-11,20,24H,2,6-9,12H2,1H3,(H,25,28). The van der Waals surface area contributed by atoms with Crippen LogP contribution in [0.15, 0.2) is 40.8 Å². The highest BCUT2D eigenvalue weighted by atomic mass is 19.3. The highest BCUT2D eigenvalue weighted by molar-refractivity contribution is 6.07. The van der Waals surface area contributed by atoms with E-state index in [1.807, 2.05) is 11.8 Å². The SMILES string of the molecule is CCc1cc(NC(=O)C2=C3N=CC=CN3NC2)c(N2CCOCC2)cc1OC(F)F. The molecular formula is C20H23F2N5O3. The van der Waals surface area contributed by atoms with Gasteiger partial charge in [0.2, 0.25) is 0 Å². The number of aryl methyl sites for hydroxylation is 1. The van der Waals surface area contributed by atoms with Gasteiger partial charge in [0.25, 0.3) is 5.91 Å². The van der Waals surface area contributed by atoms with E-state index in [9.17, 15) is 13.6 Å². The number of nitrogens with zero attached hydrogens (tertiary/aromatic N) is 3. The van der Waals surface area contributed by atoms with Crippen molar-refractivity contribution in [3.63, 3.8) is 0 Å². The molecule has 10 heteroatoms. The molecule has 1 aromatic rings. The predicted molar refractivity (Wildman–Crippen MR) is 109 cm³/mol. The van der Waals surface area contributed by atoms with Crippen molar-refractivity contribution in [1.29, 1.82) is 0 Å². The third-order valence-electron chi connectivity index (χ3n) is 5.09. The van der Waals surface area contributed by atoms with Gasteiger partial charge in [0.05, 0.1) is 30.2 Å². The maximum Gasteiger partial charge on any atom is 0.387 e. The Kier molecular flexibility index (Phi) is 5.96. The molecule has 3 aliphatic heterocycles. The molecule has 0 aliphatic carbocycles. The first-order valence-electron chi connectivity index (χ1n) is 9.79. The predicted octanol–water partition coefficient (Wildman–Crippen LogP) is 2.26. The van der Waals surface area contributed by atoms with Gasteiger partial charge in [-0.3, -0.25) is 9.80 Å². The lowest BCUT2D eigenvalue weighted by Gasteiger charge is -2.31. The Morgan fingerprint density at radius 1 is 1.37 bits per heavy atom. The molecule has 0 radical (unpaired) electrons. The second kappa shape index (κ2) is 8.80. The van der Waals surface area contributed by atoms with Crippen LogP contribution in [-0.2, 0) is 16.0 Å². The lowest BCUT2D eigenvalue weighted by molar-refractivity contribution is -0.112. The third-order valence-corrected chi connectivity index (χ3v) is 5.09. The molecular weight excluding hydrogens is 396 g/mol. The number of rotatable bonds is 6. The van der Waals surface area contributed by atoms with Crippen LogP contribution in [0.5, 0.6) is 5.75 Å². The first-order chi connectivity index (χ1) is 14.6. The van der Waals surface area contributed by atoms with Crippen molar-refractivity contribution in [3.05, 3.63) is 41.4 Å². The first kappa shape index (κ1) is 20.3. The summed E-state index contributed by atoms with van der Waals surface area (Å²) >= 11 is 0. The van der Waals surface area contributed by atoms with Gasteiger partial charge in [-0.25, -0.2) is 10.4 Å². The van der Waals surface area contributed by atoms with Crippen molar-refractivity contribution in [1.82, 2.24) is 10.4 Å². The van der Waals surface area contributed by atoms with Gasteiger partial charge in [0, 0.05) is 38.1 Å². The molecule has 0 bridgehead atoms. The number of halogens is 2. The van der Waals surface area contributed by atoms with Gasteiger partial charge in [-0.05, 0) is 24.1 Å². The molecule has 1 fully saturated rings. The van der Waals surface area contributed by atoms with Crippen LogP contribution in [0, 0.1) is 0 Å². The van der Waals surface area contributed by atoms with E-state index < -0.39 is 6.61 Å². The molecule has 0 saturated carbocycles. The van der Waals surface area contributed by atoms with Crippen molar-refractivity contribution in [3.8, 4) is 5.75 Å². The number of ether oxygens (including phenoxy) is 2. The fourth-order valence-corrected chi connectivity index (χ4v) is 3.61. The number of alkyl halides is 2. The van der Waals surface area contributed by atoms with Gasteiger partial charge in [0.1, 0.15) is 5.75 Å². The van der Waals surface area contributed by atoms with Crippen LogP contribution in [0.25, 0.3) is 0 Å². The zero-order chi connectivity index (χ0) is 21.1. The fourth-order valence-electron chi connectivity index (χ4n) is 3.61. The van der Waals surface area contributed by atoms with Crippen LogP contribution >= 0.6 is 0 Å². The minimum absolute atomic E-state index is 0.116. The quantitative estimate of drug-likeness (QED) is 0.737. The molecule has 1 saturated heterocycles. The van der Waals surface area contributed by atoms with Gasteiger partial charge in [-0.15, -0.1) is 0 Å². The van der Waals surface area contributed by atoms with E-state index in [2.05, 4.69) is 15.7 Å². The number of hydrogen-bond donors (Lipinski definition) is 2. The number of hydrazine groups is 1. The monoisotopic (exact) mass is 419 g/mol. The summed E-state index contributed by atoms with van der Waals surface area (Å²) in [5.41, 5.74) is 5.33. The molecule has 3 heterocycles. The summed E-state index contributed by atoms with van der Waals surface area (Å²) in [4.78, 5) is 19.3. The van der Waals surface area contributed by atoms with Gasteiger partial charge in [0.15, 0.2) is 5.82 Å². The Hall–Kier alpha value is -2.98. The smallest absolute Gasteiger partial charge is 0.387 e. The maximum atomic E-state index is 13.0. The number of benzene rings is 1. The van der Waals surface area contributed by atoms with E-state index in [0.29, 0.717) is 67.6 Å². The van der Waals surface area contributed by atoms with Crippen molar-refractivity contribution in [2.24, 2.45) is 4.99 Å². The lowest BCUT2D eigenvalue weighted by atomic mass is 10.1. The Balaban J connectivity index is 1.67. The Morgan fingerprint density at radius 3 is 2.90 bits per heavy atom. The fraction of sp³-hybridized carbons (Fsp3) is 0.400. The number of morpholine rings is 1. The van der Waals surface area contributed by atoms with Gasteiger partial charge in [-0.2, -0.15) is 8.78 Å². The molecule has 4 rings (SSSR count). The Bertz CT molecular complexity index is 910. The van der Waals surface area contributed by atoms with Crippen molar-refractivity contribution in [2.45, 2.75) is 20.0 Å². The molecule has 160 valence electrons. The van der Waals surface area contributed by atoms with Gasteiger partial charge >= 0.3 is 6.61 Å². The number of fused-ring (bicyclic) bond motifs is 1. The van der Waals surface area contributed by atoms with E-state index in [1.165, 1.54) is 0 Å². The van der Waals surface area contributed by atoms with E-state index in [-0.39, 0.29) is 11.7 Å². The second-order valence-corrected chi connectivity index (χ2v) is 6.89.